The molecule has 2 nitrogen and oxygen atoms in total. The molecule has 0 spiro atoms. The molecule has 0 bridgehead atoms. The number of likely N-dealkylation sites (N-methyl/N-ethyl adjacent to an activating group) is 1. The summed E-state index contributed by atoms with van der Waals surface area (Å²) in [5, 5.41) is 0. The quantitative estimate of drug-likeness (QED) is 0.715. The highest BCUT2D eigenvalue weighted by Gasteiger charge is 2.22. The van der Waals surface area contributed by atoms with Gasteiger partial charge in [-0.05, 0) is 50.2 Å². The van der Waals surface area contributed by atoms with Crippen LogP contribution in [0.5, 0.6) is 0 Å². The van der Waals surface area contributed by atoms with Crippen molar-refractivity contribution in [1.29, 1.82) is 0 Å². The van der Waals surface area contributed by atoms with E-state index in [1.54, 1.807) is 0 Å². The van der Waals surface area contributed by atoms with Gasteiger partial charge in [0.15, 0.2) is 0 Å². The highest BCUT2D eigenvalue weighted by molar-refractivity contribution is 5.47. The fourth-order valence-corrected chi connectivity index (χ4v) is 1.98. The van der Waals surface area contributed by atoms with Gasteiger partial charge in [0.2, 0.25) is 0 Å². The number of nitrogen functional groups attached to an aromatic ring is 1. The van der Waals surface area contributed by atoms with Crippen molar-refractivity contribution >= 4 is 5.69 Å². The van der Waals surface area contributed by atoms with Gasteiger partial charge in [-0.15, -0.1) is 0 Å². The summed E-state index contributed by atoms with van der Waals surface area (Å²) in [5.41, 5.74) is 9.52. The zero-order chi connectivity index (χ0) is 11.4. The Kier molecular flexibility index (Phi) is 4.15. The van der Waals surface area contributed by atoms with E-state index in [1.807, 2.05) is 19.9 Å². The average molecular weight is 206 g/mol. The molecule has 0 saturated carbocycles. The molecule has 1 unspecified atom stereocenters. The Labute approximate surface area is 93.1 Å². The van der Waals surface area contributed by atoms with Crippen molar-refractivity contribution in [2.24, 2.45) is 0 Å². The molecule has 84 valence electrons. The van der Waals surface area contributed by atoms with Crippen molar-refractivity contribution in [3.8, 4) is 0 Å². The van der Waals surface area contributed by atoms with Crippen LogP contribution in [0, 0.1) is 0 Å². The molecular formula is C13H22N2. The first kappa shape index (κ1) is 12.1. The number of hydrogen-bond acceptors (Lipinski definition) is 2. The molecule has 2 rings (SSSR count). The van der Waals surface area contributed by atoms with E-state index < -0.39 is 0 Å². The third-order valence-corrected chi connectivity index (χ3v) is 2.87. The van der Waals surface area contributed by atoms with Crippen LogP contribution in [0.3, 0.4) is 0 Å². The largest absolute Gasteiger partial charge is 0.399 e. The Morgan fingerprint density at radius 3 is 2.33 bits per heavy atom. The summed E-state index contributed by atoms with van der Waals surface area (Å²) in [4.78, 5) is 2.29. The molecule has 1 aliphatic rings. The van der Waals surface area contributed by atoms with E-state index in [1.165, 1.54) is 17.5 Å². The van der Waals surface area contributed by atoms with Crippen LogP contribution in [-0.4, -0.2) is 25.0 Å². The number of rotatable bonds is 1. The lowest BCUT2D eigenvalue weighted by Crippen LogP contribution is -2.27. The normalized spacial score (nSPS) is 18.3. The minimum absolute atomic E-state index is 0.664. The maximum Gasteiger partial charge on any atom is 0.0316 e. The smallest absolute Gasteiger partial charge is 0.0316 e. The number of hydrogen-bond donors (Lipinski definition) is 1. The van der Waals surface area contributed by atoms with Gasteiger partial charge < -0.3 is 10.6 Å². The lowest BCUT2D eigenvalue weighted by atomic mass is 10.1. The first-order valence-electron chi connectivity index (χ1n) is 5.70. The average Bonchev–Trinajstić information content (AvgIpc) is 2.63. The Bertz CT molecular complexity index is 318. The maximum atomic E-state index is 5.74. The maximum absolute atomic E-state index is 5.74. The van der Waals surface area contributed by atoms with Crippen LogP contribution in [0.1, 0.15) is 25.0 Å². The van der Waals surface area contributed by atoms with E-state index in [4.69, 9.17) is 5.73 Å². The molecule has 1 atom stereocenters. The minimum atomic E-state index is 0.664. The van der Waals surface area contributed by atoms with E-state index in [9.17, 15) is 0 Å². The summed E-state index contributed by atoms with van der Waals surface area (Å²) in [6, 6.07) is 6.93. The third kappa shape index (κ3) is 2.72. The molecule has 1 aromatic carbocycles. The molecule has 0 saturated heterocycles. The lowest BCUT2D eigenvalue weighted by Gasteiger charge is -2.17. The topological polar surface area (TPSA) is 29.3 Å². The highest BCUT2D eigenvalue weighted by atomic mass is 15.1. The number of nitrogens with zero attached hydrogens (tertiary/aromatic N) is 1. The van der Waals surface area contributed by atoms with Crippen LogP contribution in [-0.2, 0) is 12.8 Å². The van der Waals surface area contributed by atoms with Crippen LogP contribution in [0.4, 0.5) is 5.69 Å². The second-order valence-corrected chi connectivity index (χ2v) is 4.05. The van der Waals surface area contributed by atoms with Crippen LogP contribution in [0.2, 0.25) is 0 Å². The zero-order valence-corrected chi connectivity index (χ0v) is 10.2. The molecule has 0 heterocycles. The van der Waals surface area contributed by atoms with Gasteiger partial charge in [-0.1, -0.05) is 19.9 Å². The Morgan fingerprint density at radius 2 is 1.73 bits per heavy atom. The fourth-order valence-electron chi connectivity index (χ4n) is 1.98. The van der Waals surface area contributed by atoms with Crippen LogP contribution >= 0.6 is 0 Å². The molecule has 0 fully saturated rings. The van der Waals surface area contributed by atoms with E-state index in [-0.39, 0.29) is 0 Å². The van der Waals surface area contributed by atoms with E-state index in [0.29, 0.717) is 6.04 Å². The Morgan fingerprint density at radius 1 is 1.13 bits per heavy atom. The molecule has 0 radical (unpaired) electrons. The predicted molar refractivity (Wildman–Crippen MR) is 67.1 cm³/mol. The summed E-state index contributed by atoms with van der Waals surface area (Å²) in [6.07, 6.45) is 2.32. The van der Waals surface area contributed by atoms with Gasteiger partial charge in [0.1, 0.15) is 0 Å². The van der Waals surface area contributed by atoms with Crippen molar-refractivity contribution in [3.63, 3.8) is 0 Å². The monoisotopic (exact) mass is 206 g/mol. The van der Waals surface area contributed by atoms with Gasteiger partial charge in [-0.3, -0.25) is 0 Å². The van der Waals surface area contributed by atoms with Crippen LogP contribution < -0.4 is 5.73 Å². The molecule has 1 aliphatic carbocycles. The third-order valence-electron chi connectivity index (χ3n) is 2.87. The van der Waals surface area contributed by atoms with Crippen LogP contribution in [0.15, 0.2) is 18.2 Å². The molecule has 15 heavy (non-hydrogen) atoms. The Hall–Kier alpha value is -1.02. The zero-order valence-electron chi connectivity index (χ0n) is 10.2. The summed E-state index contributed by atoms with van der Waals surface area (Å²) < 4.78 is 0. The SMILES string of the molecule is CC.CN(C)C1Cc2ccc(N)cc2C1. The van der Waals surface area contributed by atoms with E-state index >= 15 is 0 Å². The molecule has 1 aromatic rings. The van der Waals surface area contributed by atoms with Crippen LogP contribution in [0.25, 0.3) is 0 Å². The molecule has 0 aliphatic heterocycles. The second kappa shape index (κ2) is 5.17. The number of benzene rings is 1. The molecule has 2 N–H and O–H groups in total. The van der Waals surface area contributed by atoms with Gasteiger partial charge in [0, 0.05) is 11.7 Å². The number of anilines is 1. The molecule has 0 amide bonds. The fraction of sp³-hybridized carbons (Fsp3) is 0.538. The van der Waals surface area contributed by atoms with Gasteiger partial charge in [-0.2, -0.15) is 0 Å². The standard InChI is InChI=1S/C11H16N2.C2H6/c1-13(2)11-6-8-3-4-10(12)5-9(8)7-11;1-2/h3-5,11H,6-7,12H2,1-2H3;1-2H3. The molecule has 0 aromatic heterocycles. The van der Waals surface area contributed by atoms with Crippen molar-refractivity contribution in [2.45, 2.75) is 32.7 Å². The van der Waals surface area contributed by atoms with Gasteiger partial charge in [0.05, 0.1) is 0 Å². The summed E-state index contributed by atoms with van der Waals surface area (Å²) >= 11 is 0. The van der Waals surface area contributed by atoms with E-state index in [2.05, 4.69) is 31.1 Å². The van der Waals surface area contributed by atoms with Crippen molar-refractivity contribution < 1.29 is 0 Å². The van der Waals surface area contributed by atoms with Crippen molar-refractivity contribution in [2.75, 3.05) is 19.8 Å². The molecular weight excluding hydrogens is 184 g/mol. The lowest BCUT2D eigenvalue weighted by molar-refractivity contribution is 0.303. The van der Waals surface area contributed by atoms with Gasteiger partial charge in [-0.25, -0.2) is 0 Å². The number of nitrogens with two attached hydrogens (primary N) is 1. The Balaban J connectivity index is 0.000000531. The summed E-state index contributed by atoms with van der Waals surface area (Å²) in [7, 11) is 4.28. The van der Waals surface area contributed by atoms with Crippen molar-refractivity contribution in [3.05, 3.63) is 29.3 Å². The van der Waals surface area contributed by atoms with Gasteiger partial charge >= 0.3 is 0 Å². The minimum Gasteiger partial charge on any atom is -0.399 e. The van der Waals surface area contributed by atoms with Crippen molar-refractivity contribution in [1.82, 2.24) is 4.90 Å². The predicted octanol–water partition coefficient (Wildman–Crippen LogP) is 2.32. The van der Waals surface area contributed by atoms with Gasteiger partial charge in [0.25, 0.3) is 0 Å². The van der Waals surface area contributed by atoms with E-state index in [0.717, 1.165) is 12.1 Å². The number of fused-ring (bicyclic) bond motifs is 1. The first-order chi connectivity index (χ1) is 7.16. The highest BCUT2D eigenvalue weighted by Crippen LogP contribution is 2.26. The first-order valence-corrected chi connectivity index (χ1v) is 5.70. The summed E-state index contributed by atoms with van der Waals surface area (Å²) in [5.74, 6) is 0. The molecule has 2 heteroatoms. The summed E-state index contributed by atoms with van der Waals surface area (Å²) in [6.45, 7) is 4.00. The second-order valence-electron chi connectivity index (χ2n) is 4.05.